The van der Waals surface area contributed by atoms with Crippen LogP contribution in [0.4, 0.5) is 18.9 Å². The van der Waals surface area contributed by atoms with Gasteiger partial charge in [0, 0.05) is 27.1 Å². The summed E-state index contributed by atoms with van der Waals surface area (Å²) < 4.78 is 48.2. The molecule has 2 aromatic heterocycles. The van der Waals surface area contributed by atoms with E-state index >= 15 is 0 Å². The second kappa shape index (κ2) is 10.6. The van der Waals surface area contributed by atoms with E-state index in [1.807, 2.05) is 102 Å². The van der Waals surface area contributed by atoms with Crippen molar-refractivity contribution in [2.45, 2.75) is 20.0 Å². The topological polar surface area (TPSA) is 38.0 Å². The average molecular weight is 631 g/mol. The van der Waals surface area contributed by atoms with Crippen molar-refractivity contribution in [3.05, 3.63) is 149 Å². The Kier molecular flexibility index (Phi) is 6.44. The van der Waals surface area contributed by atoms with Gasteiger partial charge in [-0.1, -0.05) is 71.8 Å². The number of rotatable bonds is 3. The molecule has 0 spiro atoms. The van der Waals surface area contributed by atoms with E-state index in [1.165, 1.54) is 12.1 Å². The molecule has 0 fully saturated rings. The fourth-order valence-corrected chi connectivity index (χ4v) is 7.13. The van der Waals surface area contributed by atoms with Crippen LogP contribution < -0.4 is 0 Å². The van der Waals surface area contributed by atoms with Crippen molar-refractivity contribution in [1.29, 1.82) is 5.26 Å². The van der Waals surface area contributed by atoms with Crippen molar-refractivity contribution in [1.82, 2.24) is 9.13 Å². The highest BCUT2D eigenvalue weighted by molar-refractivity contribution is 6.13. The van der Waals surface area contributed by atoms with Gasteiger partial charge in [-0.25, -0.2) is 4.85 Å². The van der Waals surface area contributed by atoms with Gasteiger partial charge in [0.25, 0.3) is 0 Å². The van der Waals surface area contributed by atoms with Gasteiger partial charge in [-0.05, 0) is 74.0 Å². The number of hydrogen-bond acceptors (Lipinski definition) is 1. The third-order valence-corrected chi connectivity index (χ3v) is 9.12. The lowest BCUT2D eigenvalue weighted by Crippen LogP contribution is -2.10. The van der Waals surface area contributed by atoms with Gasteiger partial charge in [-0.3, -0.25) is 0 Å². The lowest BCUT2D eigenvalue weighted by molar-refractivity contribution is -0.137. The molecule has 0 saturated carbocycles. The second-order valence-electron chi connectivity index (χ2n) is 12.0. The first-order chi connectivity index (χ1) is 23.2. The molecule has 0 saturated heterocycles. The molecule has 0 radical (unpaired) electrons. The van der Waals surface area contributed by atoms with Crippen LogP contribution >= 0.6 is 0 Å². The summed E-state index contributed by atoms with van der Waals surface area (Å²) in [7, 11) is 0. The maximum absolute atomic E-state index is 14.8. The number of aryl methyl sites for hydroxylation is 2. The number of para-hydroxylation sites is 2. The van der Waals surface area contributed by atoms with Crippen LogP contribution in [-0.2, 0) is 6.18 Å². The smallest absolute Gasteiger partial charge is 0.319 e. The Morgan fingerprint density at radius 3 is 1.79 bits per heavy atom. The summed E-state index contributed by atoms with van der Waals surface area (Å²) >= 11 is 0. The van der Waals surface area contributed by atoms with E-state index in [0.29, 0.717) is 5.69 Å². The predicted molar refractivity (Wildman–Crippen MR) is 186 cm³/mol. The van der Waals surface area contributed by atoms with Crippen LogP contribution in [-0.4, -0.2) is 9.13 Å². The summed E-state index contributed by atoms with van der Waals surface area (Å²) in [5.74, 6) is 0. The van der Waals surface area contributed by atoms with Crippen molar-refractivity contribution in [2.24, 2.45) is 0 Å². The van der Waals surface area contributed by atoms with Crippen LogP contribution in [0.15, 0.2) is 115 Å². The summed E-state index contributed by atoms with van der Waals surface area (Å²) in [5.41, 5.74) is 5.14. The zero-order valence-electron chi connectivity index (χ0n) is 25.9. The minimum absolute atomic E-state index is 0.126. The van der Waals surface area contributed by atoms with Crippen molar-refractivity contribution in [2.75, 3.05) is 0 Å². The number of alkyl halides is 3. The first-order valence-electron chi connectivity index (χ1n) is 15.4. The summed E-state index contributed by atoms with van der Waals surface area (Å²) in [6, 6.07) is 36.7. The van der Waals surface area contributed by atoms with Gasteiger partial charge in [0.15, 0.2) is 0 Å². The van der Waals surface area contributed by atoms with Gasteiger partial charge in [0.2, 0.25) is 5.69 Å². The molecule has 0 N–H and O–H groups in total. The van der Waals surface area contributed by atoms with Crippen molar-refractivity contribution in [3.8, 4) is 28.6 Å². The van der Waals surface area contributed by atoms with E-state index in [1.54, 1.807) is 12.1 Å². The highest BCUT2D eigenvalue weighted by atomic mass is 19.4. The number of fused-ring (bicyclic) bond motifs is 6. The van der Waals surface area contributed by atoms with Crippen LogP contribution in [0.2, 0.25) is 0 Å². The molecular formula is C41H25F3N4. The van der Waals surface area contributed by atoms with E-state index in [9.17, 15) is 18.4 Å². The van der Waals surface area contributed by atoms with E-state index < -0.39 is 11.7 Å². The molecule has 0 aliphatic heterocycles. The number of halogens is 3. The molecule has 8 rings (SSSR count). The molecule has 0 aliphatic carbocycles. The second-order valence-corrected chi connectivity index (χ2v) is 12.0. The lowest BCUT2D eigenvalue weighted by atomic mass is 9.92. The van der Waals surface area contributed by atoms with E-state index in [2.05, 4.69) is 17.0 Å². The highest BCUT2D eigenvalue weighted by Crippen LogP contribution is 2.48. The Balaban J connectivity index is 1.61. The minimum atomic E-state index is -4.75. The van der Waals surface area contributed by atoms with Crippen LogP contribution in [0.1, 0.15) is 22.3 Å². The van der Waals surface area contributed by atoms with Gasteiger partial charge in [-0.15, -0.1) is 0 Å². The van der Waals surface area contributed by atoms with E-state index in [4.69, 9.17) is 6.57 Å². The van der Waals surface area contributed by atoms with Gasteiger partial charge < -0.3 is 9.13 Å². The van der Waals surface area contributed by atoms with Crippen molar-refractivity contribution in [3.63, 3.8) is 0 Å². The Bertz CT molecular complexity index is 2710. The summed E-state index contributed by atoms with van der Waals surface area (Å²) in [6.07, 6.45) is -4.75. The van der Waals surface area contributed by atoms with Gasteiger partial charge >= 0.3 is 6.18 Å². The number of nitriles is 1. The third kappa shape index (κ3) is 4.22. The van der Waals surface area contributed by atoms with Crippen LogP contribution in [0.25, 0.3) is 71.0 Å². The molecule has 0 bridgehead atoms. The normalized spacial score (nSPS) is 11.8. The highest BCUT2D eigenvalue weighted by Gasteiger charge is 2.36. The van der Waals surface area contributed by atoms with Crippen molar-refractivity contribution < 1.29 is 13.2 Å². The Labute approximate surface area is 273 Å². The maximum Gasteiger partial charge on any atom is 0.417 e. The van der Waals surface area contributed by atoms with Crippen LogP contribution in [0, 0.1) is 31.8 Å². The molecule has 0 amide bonds. The maximum atomic E-state index is 14.8. The molecule has 0 aliphatic rings. The quantitative estimate of drug-likeness (QED) is 0.179. The summed E-state index contributed by atoms with van der Waals surface area (Å²) in [5, 5.41) is 14.0. The molecule has 2 heterocycles. The van der Waals surface area contributed by atoms with Gasteiger partial charge in [0.1, 0.15) is 0 Å². The number of nitrogens with zero attached hydrogens (tertiary/aromatic N) is 4. The molecule has 4 nitrogen and oxygen atoms in total. The third-order valence-electron chi connectivity index (χ3n) is 9.12. The lowest BCUT2D eigenvalue weighted by Gasteiger charge is -2.22. The monoisotopic (exact) mass is 630 g/mol. The SMILES string of the molecule is [C-]#[N+]c1c(-n2c3ccccc3c3cc(C)ccc32)ccc(-c2c(C#N)cccc2C(F)(F)F)c1-n1c2ccccc2c2cc(C)ccc21. The van der Waals surface area contributed by atoms with E-state index in [-0.39, 0.29) is 28.1 Å². The number of hydrogen-bond donors (Lipinski definition) is 0. The fraction of sp³-hybridized carbons (Fsp3) is 0.0732. The predicted octanol–water partition coefficient (Wildman–Crippen LogP) is 11.6. The molecule has 230 valence electrons. The Hall–Kier alpha value is -6.31. The number of aromatic nitrogens is 2. The van der Waals surface area contributed by atoms with Crippen LogP contribution in [0.5, 0.6) is 0 Å². The zero-order valence-corrected chi connectivity index (χ0v) is 25.9. The molecule has 0 unspecified atom stereocenters. The molecular weight excluding hydrogens is 605 g/mol. The zero-order chi connectivity index (χ0) is 33.3. The summed E-state index contributed by atoms with van der Waals surface area (Å²) in [4.78, 5) is 4.12. The van der Waals surface area contributed by atoms with Crippen LogP contribution in [0.3, 0.4) is 0 Å². The number of benzene rings is 6. The molecule has 0 atom stereocenters. The Morgan fingerprint density at radius 1 is 0.646 bits per heavy atom. The minimum Gasteiger partial charge on any atom is -0.319 e. The van der Waals surface area contributed by atoms with Crippen molar-refractivity contribution >= 4 is 49.3 Å². The van der Waals surface area contributed by atoms with Gasteiger partial charge in [0.05, 0.1) is 57.2 Å². The first-order valence-corrected chi connectivity index (χ1v) is 15.4. The first kappa shape index (κ1) is 29.1. The average Bonchev–Trinajstić information content (AvgIpc) is 3.58. The Morgan fingerprint density at radius 2 is 1.21 bits per heavy atom. The summed E-state index contributed by atoms with van der Waals surface area (Å²) in [6.45, 7) is 12.7. The van der Waals surface area contributed by atoms with Gasteiger partial charge in [-0.2, -0.15) is 18.4 Å². The fourth-order valence-electron chi connectivity index (χ4n) is 7.13. The van der Waals surface area contributed by atoms with E-state index in [0.717, 1.165) is 60.8 Å². The largest absolute Gasteiger partial charge is 0.417 e. The molecule has 8 aromatic rings. The molecule has 48 heavy (non-hydrogen) atoms. The molecule has 7 heteroatoms. The molecule has 6 aromatic carbocycles. The standard InChI is InChI=1S/C41H25F3N4/c1-24-15-18-35-30(21-24)27-10-4-6-13-33(27)47(35)37-20-17-29(38-26(23-45)9-8-12-32(38)41(42,43)44)40(39(37)46-3)48-34-14-7-5-11-28(34)31-22-25(2)16-19-36(31)48/h4-22H,1-2H3.